The number of aryl methyl sites for hydroxylation is 2. The molecule has 2 heterocycles. The lowest BCUT2D eigenvalue weighted by molar-refractivity contribution is 0.101. The summed E-state index contributed by atoms with van der Waals surface area (Å²) in [6.45, 7) is 4.26. The largest absolute Gasteiger partial charge is 0.395 e. The first kappa shape index (κ1) is 11.5. The molecule has 0 aliphatic heterocycles. The molecule has 0 unspecified atom stereocenters. The van der Waals surface area contributed by atoms with E-state index in [1.54, 1.807) is 11.6 Å². The molecule has 0 bridgehead atoms. The van der Waals surface area contributed by atoms with Crippen LogP contribution < -0.4 is 11.1 Å². The molecule has 2 aromatic rings. The Morgan fingerprint density at radius 1 is 1.65 bits per heavy atom. The SMILES string of the molecule is CCn1nc(C)c(N)c1C(=O)Nc1cnns1. The second-order valence-corrected chi connectivity index (χ2v) is 4.19. The van der Waals surface area contributed by atoms with Crippen LogP contribution in [-0.4, -0.2) is 25.3 Å². The van der Waals surface area contributed by atoms with E-state index in [-0.39, 0.29) is 5.91 Å². The van der Waals surface area contributed by atoms with Gasteiger partial charge in [-0.1, -0.05) is 4.49 Å². The van der Waals surface area contributed by atoms with E-state index in [4.69, 9.17) is 5.73 Å². The van der Waals surface area contributed by atoms with E-state index in [2.05, 4.69) is 20.0 Å². The van der Waals surface area contributed by atoms with Crippen molar-refractivity contribution in [1.29, 1.82) is 0 Å². The Bertz CT molecular complexity index is 532. The fourth-order valence-corrected chi connectivity index (χ4v) is 1.87. The molecule has 0 radical (unpaired) electrons. The van der Waals surface area contributed by atoms with Gasteiger partial charge in [-0.3, -0.25) is 9.48 Å². The van der Waals surface area contributed by atoms with Crippen molar-refractivity contribution in [1.82, 2.24) is 19.4 Å². The van der Waals surface area contributed by atoms with Crippen LogP contribution in [-0.2, 0) is 6.54 Å². The molecule has 0 fully saturated rings. The number of nitrogens with two attached hydrogens (primary N) is 1. The molecule has 0 saturated heterocycles. The van der Waals surface area contributed by atoms with Gasteiger partial charge in [0.05, 0.1) is 17.6 Å². The van der Waals surface area contributed by atoms with Gasteiger partial charge in [-0.05, 0) is 13.8 Å². The highest BCUT2D eigenvalue weighted by atomic mass is 32.1. The van der Waals surface area contributed by atoms with Gasteiger partial charge in [-0.15, -0.1) is 5.10 Å². The van der Waals surface area contributed by atoms with Gasteiger partial charge in [0, 0.05) is 18.1 Å². The Labute approximate surface area is 102 Å². The highest BCUT2D eigenvalue weighted by Crippen LogP contribution is 2.19. The number of aromatic nitrogens is 4. The summed E-state index contributed by atoms with van der Waals surface area (Å²) >= 11 is 1.11. The van der Waals surface area contributed by atoms with Crippen LogP contribution in [0.2, 0.25) is 0 Å². The summed E-state index contributed by atoms with van der Waals surface area (Å²) in [5.41, 5.74) is 7.27. The maximum Gasteiger partial charge on any atom is 0.276 e. The molecule has 0 atom stereocenters. The van der Waals surface area contributed by atoms with Crippen molar-refractivity contribution in [2.45, 2.75) is 20.4 Å². The fourth-order valence-electron chi connectivity index (χ4n) is 1.46. The Balaban J connectivity index is 2.30. The molecular weight excluding hydrogens is 240 g/mol. The molecule has 8 heteroatoms. The van der Waals surface area contributed by atoms with Gasteiger partial charge in [0.15, 0.2) is 0 Å². The van der Waals surface area contributed by atoms with Crippen molar-refractivity contribution in [3.63, 3.8) is 0 Å². The number of amides is 1. The van der Waals surface area contributed by atoms with E-state index in [1.807, 2.05) is 6.92 Å². The second-order valence-electron chi connectivity index (χ2n) is 3.40. The average molecular weight is 252 g/mol. The van der Waals surface area contributed by atoms with Crippen molar-refractivity contribution < 1.29 is 4.79 Å². The van der Waals surface area contributed by atoms with E-state index in [0.717, 1.165) is 11.5 Å². The number of carbonyl (C=O) groups is 1. The Morgan fingerprint density at radius 3 is 3.00 bits per heavy atom. The molecule has 2 aromatic heterocycles. The maximum atomic E-state index is 12.0. The molecule has 0 spiro atoms. The first-order valence-electron chi connectivity index (χ1n) is 5.05. The summed E-state index contributed by atoms with van der Waals surface area (Å²) in [5, 5.41) is 11.1. The molecule has 0 aliphatic rings. The number of hydrogen-bond acceptors (Lipinski definition) is 6. The number of anilines is 2. The number of hydrogen-bond donors (Lipinski definition) is 2. The normalized spacial score (nSPS) is 10.5. The third-order valence-corrected chi connectivity index (χ3v) is 2.87. The van der Waals surface area contributed by atoms with E-state index in [0.29, 0.717) is 28.6 Å². The summed E-state index contributed by atoms with van der Waals surface area (Å²) < 4.78 is 5.24. The third-order valence-electron chi connectivity index (χ3n) is 2.29. The minimum atomic E-state index is -0.295. The van der Waals surface area contributed by atoms with E-state index in [1.165, 1.54) is 6.20 Å². The minimum Gasteiger partial charge on any atom is -0.395 e. The molecule has 90 valence electrons. The van der Waals surface area contributed by atoms with Crippen molar-refractivity contribution in [3.05, 3.63) is 17.6 Å². The van der Waals surface area contributed by atoms with Crippen molar-refractivity contribution in [2.75, 3.05) is 11.1 Å². The van der Waals surface area contributed by atoms with Crippen LogP contribution in [0.1, 0.15) is 23.1 Å². The monoisotopic (exact) mass is 252 g/mol. The number of nitrogen functional groups attached to an aromatic ring is 1. The number of carbonyl (C=O) groups excluding carboxylic acids is 1. The number of nitrogens with zero attached hydrogens (tertiary/aromatic N) is 4. The lowest BCUT2D eigenvalue weighted by atomic mass is 10.3. The summed E-state index contributed by atoms with van der Waals surface area (Å²) in [6, 6.07) is 0. The topological polar surface area (TPSA) is 98.7 Å². The molecule has 0 aromatic carbocycles. The van der Waals surface area contributed by atoms with Gasteiger partial charge in [0.2, 0.25) is 0 Å². The smallest absolute Gasteiger partial charge is 0.276 e. The fraction of sp³-hybridized carbons (Fsp3) is 0.333. The standard InChI is InChI=1S/C9H12N6OS/c1-3-15-8(7(10)5(2)13-15)9(16)12-6-4-11-14-17-6/h4H,3,10H2,1-2H3,(H,12,16). The highest BCUT2D eigenvalue weighted by molar-refractivity contribution is 7.10. The lowest BCUT2D eigenvalue weighted by Gasteiger charge is -2.04. The molecule has 3 N–H and O–H groups in total. The summed E-state index contributed by atoms with van der Waals surface area (Å²) in [5.74, 6) is -0.295. The van der Waals surface area contributed by atoms with Crippen molar-refractivity contribution in [3.8, 4) is 0 Å². The third kappa shape index (κ3) is 2.11. The van der Waals surface area contributed by atoms with Crippen LogP contribution in [0.4, 0.5) is 10.7 Å². The predicted molar refractivity (Wildman–Crippen MR) is 64.9 cm³/mol. The van der Waals surface area contributed by atoms with E-state index >= 15 is 0 Å². The second kappa shape index (κ2) is 4.50. The zero-order chi connectivity index (χ0) is 12.4. The van der Waals surface area contributed by atoms with Crippen LogP contribution in [0.15, 0.2) is 6.20 Å². The molecule has 1 amide bonds. The van der Waals surface area contributed by atoms with Crippen LogP contribution in [0.25, 0.3) is 0 Å². The van der Waals surface area contributed by atoms with Crippen LogP contribution in [0, 0.1) is 6.92 Å². The summed E-state index contributed by atoms with van der Waals surface area (Å²) in [6.07, 6.45) is 1.48. The predicted octanol–water partition coefficient (Wildman–Crippen LogP) is 0.897. The lowest BCUT2D eigenvalue weighted by Crippen LogP contribution is -2.18. The number of nitrogens with one attached hydrogen (secondary N) is 1. The highest BCUT2D eigenvalue weighted by Gasteiger charge is 2.19. The van der Waals surface area contributed by atoms with Crippen LogP contribution in [0.5, 0.6) is 0 Å². The molecular formula is C9H12N6OS. The zero-order valence-corrected chi connectivity index (χ0v) is 10.3. The van der Waals surface area contributed by atoms with Crippen LogP contribution >= 0.6 is 11.5 Å². The first-order valence-corrected chi connectivity index (χ1v) is 5.82. The zero-order valence-electron chi connectivity index (χ0n) is 9.47. The van der Waals surface area contributed by atoms with Gasteiger partial charge in [0.25, 0.3) is 5.91 Å². The number of rotatable bonds is 3. The Kier molecular flexibility index (Phi) is 3.05. The van der Waals surface area contributed by atoms with E-state index < -0.39 is 0 Å². The Hall–Kier alpha value is -1.96. The van der Waals surface area contributed by atoms with Crippen molar-refractivity contribution in [2.24, 2.45) is 0 Å². The van der Waals surface area contributed by atoms with Gasteiger partial charge >= 0.3 is 0 Å². The van der Waals surface area contributed by atoms with Gasteiger partial charge in [-0.2, -0.15) is 5.10 Å². The molecule has 0 saturated carbocycles. The minimum absolute atomic E-state index is 0.295. The Morgan fingerprint density at radius 2 is 2.41 bits per heavy atom. The van der Waals surface area contributed by atoms with Crippen LogP contribution in [0.3, 0.4) is 0 Å². The van der Waals surface area contributed by atoms with Gasteiger partial charge in [-0.25, -0.2) is 0 Å². The average Bonchev–Trinajstić information content (AvgIpc) is 2.88. The maximum absolute atomic E-state index is 12.0. The summed E-state index contributed by atoms with van der Waals surface area (Å²) in [7, 11) is 0. The molecule has 7 nitrogen and oxygen atoms in total. The molecule has 0 aliphatic carbocycles. The molecule has 2 rings (SSSR count). The summed E-state index contributed by atoms with van der Waals surface area (Å²) in [4.78, 5) is 12.0. The molecule has 17 heavy (non-hydrogen) atoms. The van der Waals surface area contributed by atoms with Crippen molar-refractivity contribution >= 4 is 28.1 Å². The van der Waals surface area contributed by atoms with E-state index in [9.17, 15) is 4.79 Å². The van der Waals surface area contributed by atoms with Gasteiger partial charge < -0.3 is 11.1 Å². The van der Waals surface area contributed by atoms with Gasteiger partial charge in [0.1, 0.15) is 10.7 Å². The first-order chi connectivity index (χ1) is 8.13. The quantitative estimate of drug-likeness (QED) is 0.845.